The molecule has 1 amide bonds. The van der Waals surface area contributed by atoms with Crippen molar-refractivity contribution in [2.24, 2.45) is 0 Å². The number of carbonyl (C=O) groups excluding carboxylic acids is 2. The third-order valence-corrected chi connectivity index (χ3v) is 4.80. The van der Waals surface area contributed by atoms with E-state index in [-0.39, 0.29) is 23.0 Å². The van der Waals surface area contributed by atoms with Crippen molar-refractivity contribution in [1.82, 2.24) is 5.32 Å². The fourth-order valence-corrected chi connectivity index (χ4v) is 3.10. The second-order valence-electron chi connectivity index (χ2n) is 7.12. The first-order valence-electron chi connectivity index (χ1n) is 9.86. The molecule has 10 nitrogen and oxygen atoms in total. The molecule has 0 unspecified atom stereocenters. The zero-order valence-electron chi connectivity index (χ0n) is 18.2. The Morgan fingerprint density at radius 2 is 1.85 bits per heavy atom. The van der Waals surface area contributed by atoms with Crippen LogP contribution in [-0.4, -0.2) is 60.8 Å². The highest BCUT2D eigenvalue weighted by atomic mass is 16.5. The van der Waals surface area contributed by atoms with E-state index in [9.17, 15) is 19.5 Å². The fourth-order valence-electron chi connectivity index (χ4n) is 3.10. The summed E-state index contributed by atoms with van der Waals surface area (Å²) in [6.45, 7) is 0.758. The summed E-state index contributed by atoms with van der Waals surface area (Å²) >= 11 is 0. The standard InChI is InChI=1S/C23H23NO9/c1-12(25)21(23(28)29)24-20(26)11-32-15-4-6-16-18(10-15)33-19(22(16)27)9-13-8-14(30-2)5-7-17(13)31-3/h4-10,12,21,25H,11H2,1-3H3,(H,24,26)(H,28,29)/b19-9-/t12-,21-/m1/s1. The predicted octanol–water partition coefficient (Wildman–Crippen LogP) is 1.65. The number of ketones is 1. The van der Waals surface area contributed by atoms with Crippen LogP contribution in [0, 0.1) is 0 Å². The number of benzene rings is 2. The first-order chi connectivity index (χ1) is 15.7. The van der Waals surface area contributed by atoms with Gasteiger partial charge in [-0.3, -0.25) is 9.59 Å². The van der Waals surface area contributed by atoms with E-state index < -0.39 is 30.6 Å². The predicted molar refractivity (Wildman–Crippen MR) is 116 cm³/mol. The summed E-state index contributed by atoms with van der Waals surface area (Å²) in [5.41, 5.74) is 0.909. The molecule has 2 atom stereocenters. The van der Waals surface area contributed by atoms with Gasteiger partial charge in [-0.2, -0.15) is 0 Å². The van der Waals surface area contributed by atoms with Gasteiger partial charge in [0.1, 0.15) is 23.0 Å². The molecule has 0 saturated carbocycles. The molecule has 0 saturated heterocycles. The van der Waals surface area contributed by atoms with E-state index in [0.717, 1.165) is 0 Å². The van der Waals surface area contributed by atoms with Crippen LogP contribution in [0.15, 0.2) is 42.2 Å². The fraction of sp³-hybridized carbons (Fsp3) is 0.261. The average Bonchev–Trinajstić information content (AvgIpc) is 3.10. The van der Waals surface area contributed by atoms with Gasteiger partial charge in [-0.05, 0) is 43.3 Å². The van der Waals surface area contributed by atoms with Gasteiger partial charge in [0.15, 0.2) is 18.4 Å². The van der Waals surface area contributed by atoms with E-state index in [1.165, 1.54) is 39.3 Å². The van der Waals surface area contributed by atoms with Crippen LogP contribution < -0.4 is 24.3 Å². The number of ether oxygens (including phenoxy) is 4. The van der Waals surface area contributed by atoms with Gasteiger partial charge in [0, 0.05) is 11.6 Å². The molecule has 0 radical (unpaired) electrons. The van der Waals surface area contributed by atoms with Gasteiger partial charge in [-0.25, -0.2) is 4.79 Å². The Labute approximate surface area is 189 Å². The summed E-state index contributed by atoms with van der Waals surface area (Å²) in [6, 6.07) is 8.14. The number of Topliss-reactive ketones (excluding diaryl/α,β-unsaturated/α-hetero) is 1. The zero-order chi connectivity index (χ0) is 24.1. The maximum absolute atomic E-state index is 12.7. The Balaban J connectivity index is 1.72. The van der Waals surface area contributed by atoms with E-state index in [0.29, 0.717) is 22.6 Å². The van der Waals surface area contributed by atoms with E-state index >= 15 is 0 Å². The molecule has 0 bridgehead atoms. The number of carboxylic acids is 1. The molecule has 3 rings (SSSR count). The zero-order valence-corrected chi connectivity index (χ0v) is 18.2. The van der Waals surface area contributed by atoms with Crippen LogP contribution in [-0.2, 0) is 9.59 Å². The Hall–Kier alpha value is -4.05. The highest BCUT2D eigenvalue weighted by molar-refractivity contribution is 6.14. The Morgan fingerprint density at radius 1 is 1.12 bits per heavy atom. The molecule has 0 aliphatic carbocycles. The SMILES string of the molecule is COc1ccc(OC)c(/C=C2\Oc3cc(OCC(=O)N[C@@H](C(=O)O)[C@@H](C)O)ccc3C2=O)c1. The Kier molecular flexibility index (Phi) is 7.19. The van der Waals surface area contributed by atoms with Crippen LogP contribution in [0.4, 0.5) is 0 Å². The van der Waals surface area contributed by atoms with Gasteiger partial charge in [0.05, 0.1) is 25.9 Å². The van der Waals surface area contributed by atoms with Crippen molar-refractivity contribution in [1.29, 1.82) is 0 Å². The number of aliphatic hydroxyl groups is 1. The van der Waals surface area contributed by atoms with Gasteiger partial charge in [0.2, 0.25) is 5.78 Å². The Morgan fingerprint density at radius 3 is 2.48 bits per heavy atom. The highest BCUT2D eigenvalue weighted by Crippen LogP contribution is 2.36. The third kappa shape index (κ3) is 5.42. The maximum Gasteiger partial charge on any atom is 0.328 e. The third-order valence-electron chi connectivity index (χ3n) is 4.80. The maximum atomic E-state index is 12.7. The lowest BCUT2D eigenvalue weighted by molar-refractivity contribution is -0.145. The molecule has 0 fully saturated rings. The van der Waals surface area contributed by atoms with Crippen molar-refractivity contribution in [3.63, 3.8) is 0 Å². The van der Waals surface area contributed by atoms with Crippen molar-refractivity contribution in [3.8, 4) is 23.0 Å². The molecular formula is C23H23NO9. The van der Waals surface area contributed by atoms with E-state index in [2.05, 4.69) is 5.32 Å². The number of aliphatic hydroxyl groups excluding tert-OH is 1. The molecule has 1 heterocycles. The van der Waals surface area contributed by atoms with Crippen LogP contribution in [0.2, 0.25) is 0 Å². The molecule has 3 N–H and O–H groups in total. The molecular weight excluding hydrogens is 434 g/mol. The second-order valence-corrected chi connectivity index (χ2v) is 7.12. The lowest BCUT2D eigenvalue weighted by Crippen LogP contribution is -2.49. The molecule has 174 valence electrons. The Bertz CT molecular complexity index is 1110. The van der Waals surface area contributed by atoms with Crippen molar-refractivity contribution in [3.05, 3.63) is 53.3 Å². The molecule has 1 aliphatic rings. The van der Waals surface area contributed by atoms with Gasteiger partial charge < -0.3 is 34.5 Å². The number of aliphatic carboxylic acids is 1. The van der Waals surface area contributed by atoms with Crippen LogP contribution in [0.5, 0.6) is 23.0 Å². The first-order valence-corrected chi connectivity index (χ1v) is 9.86. The monoisotopic (exact) mass is 457 g/mol. The van der Waals surface area contributed by atoms with Gasteiger partial charge >= 0.3 is 5.97 Å². The minimum Gasteiger partial charge on any atom is -0.497 e. The smallest absolute Gasteiger partial charge is 0.328 e. The number of rotatable bonds is 9. The molecule has 0 spiro atoms. The second kappa shape index (κ2) is 10.0. The molecule has 10 heteroatoms. The van der Waals surface area contributed by atoms with Crippen molar-refractivity contribution < 1.29 is 43.5 Å². The molecule has 1 aliphatic heterocycles. The minimum atomic E-state index is -1.46. The molecule has 33 heavy (non-hydrogen) atoms. The lowest BCUT2D eigenvalue weighted by atomic mass is 10.1. The first kappa shape index (κ1) is 23.6. The average molecular weight is 457 g/mol. The van der Waals surface area contributed by atoms with Gasteiger partial charge in [0.25, 0.3) is 5.91 Å². The molecule has 0 aromatic heterocycles. The number of allylic oxidation sites excluding steroid dienone is 1. The van der Waals surface area contributed by atoms with E-state index in [4.69, 9.17) is 24.1 Å². The van der Waals surface area contributed by atoms with Crippen molar-refractivity contribution in [2.75, 3.05) is 20.8 Å². The number of amides is 1. The highest BCUT2D eigenvalue weighted by Gasteiger charge is 2.29. The number of nitrogens with one attached hydrogen (secondary N) is 1. The van der Waals surface area contributed by atoms with Crippen molar-refractivity contribution in [2.45, 2.75) is 19.1 Å². The summed E-state index contributed by atoms with van der Waals surface area (Å²) < 4.78 is 21.6. The summed E-state index contributed by atoms with van der Waals surface area (Å²) in [4.78, 5) is 35.8. The number of carboxylic acid groups (broad SMARTS) is 1. The van der Waals surface area contributed by atoms with Crippen molar-refractivity contribution >= 4 is 23.7 Å². The topological polar surface area (TPSA) is 141 Å². The normalized spacial score (nSPS) is 15.3. The number of methoxy groups -OCH3 is 2. The summed E-state index contributed by atoms with van der Waals surface area (Å²) in [5, 5.41) is 20.6. The summed E-state index contributed by atoms with van der Waals surface area (Å²) in [5.74, 6) is -0.753. The van der Waals surface area contributed by atoms with Gasteiger partial charge in [-0.1, -0.05) is 0 Å². The van der Waals surface area contributed by atoms with E-state index in [1.807, 2.05) is 0 Å². The minimum absolute atomic E-state index is 0.0766. The molecule has 2 aromatic carbocycles. The lowest BCUT2D eigenvalue weighted by Gasteiger charge is -2.17. The van der Waals surface area contributed by atoms with E-state index in [1.54, 1.807) is 24.3 Å². The van der Waals surface area contributed by atoms with Crippen LogP contribution in [0.1, 0.15) is 22.8 Å². The van der Waals surface area contributed by atoms with Crippen LogP contribution in [0.3, 0.4) is 0 Å². The number of hydrogen-bond acceptors (Lipinski definition) is 8. The number of hydrogen-bond donors (Lipinski definition) is 3. The molecule has 2 aromatic rings. The quantitative estimate of drug-likeness (QED) is 0.479. The number of fused-ring (bicyclic) bond motifs is 1. The van der Waals surface area contributed by atoms with Crippen LogP contribution >= 0.6 is 0 Å². The van der Waals surface area contributed by atoms with Crippen LogP contribution in [0.25, 0.3) is 6.08 Å². The largest absolute Gasteiger partial charge is 0.497 e. The summed E-state index contributed by atoms with van der Waals surface area (Å²) in [6.07, 6.45) is 0.263. The van der Waals surface area contributed by atoms with Gasteiger partial charge in [-0.15, -0.1) is 0 Å². The number of carbonyl (C=O) groups is 3. The summed E-state index contributed by atoms with van der Waals surface area (Å²) in [7, 11) is 3.04.